The van der Waals surface area contributed by atoms with Crippen LogP contribution in [0.3, 0.4) is 0 Å². The van der Waals surface area contributed by atoms with Crippen molar-refractivity contribution in [3.05, 3.63) is 114 Å². The Balaban J connectivity index is 0.00000195. The first-order valence-electron chi connectivity index (χ1n) is 13.2. The number of allylic oxidation sites excluding steroid dienone is 2. The summed E-state index contributed by atoms with van der Waals surface area (Å²) < 4.78 is 2.13. The Bertz CT molecular complexity index is 1420. The molecule has 2 aromatic heterocycles. The van der Waals surface area contributed by atoms with E-state index in [0.29, 0.717) is 6.54 Å². The van der Waals surface area contributed by atoms with Crippen LogP contribution in [0.25, 0.3) is 22.5 Å². The number of hydrogen-bond donors (Lipinski definition) is 1. The van der Waals surface area contributed by atoms with Gasteiger partial charge < -0.3 is 10.2 Å². The van der Waals surface area contributed by atoms with E-state index in [1.807, 2.05) is 33.0 Å². The van der Waals surface area contributed by atoms with E-state index in [0.717, 1.165) is 40.6 Å². The van der Waals surface area contributed by atoms with Crippen molar-refractivity contribution in [2.24, 2.45) is 4.99 Å². The van der Waals surface area contributed by atoms with E-state index in [2.05, 4.69) is 121 Å². The summed E-state index contributed by atoms with van der Waals surface area (Å²) in [6.07, 6.45) is 5.98. The molecular formula is C33H41N5. The molecule has 4 rings (SSSR count). The van der Waals surface area contributed by atoms with E-state index < -0.39 is 0 Å². The molecule has 0 spiro atoms. The molecule has 0 saturated carbocycles. The number of fused-ring (bicyclic) bond motifs is 1. The van der Waals surface area contributed by atoms with Crippen molar-refractivity contribution in [1.82, 2.24) is 19.6 Å². The van der Waals surface area contributed by atoms with Crippen molar-refractivity contribution >= 4 is 17.1 Å². The Morgan fingerprint density at radius 3 is 2.45 bits per heavy atom. The van der Waals surface area contributed by atoms with Crippen LogP contribution in [0.1, 0.15) is 48.7 Å². The van der Waals surface area contributed by atoms with Gasteiger partial charge in [0.25, 0.3) is 0 Å². The number of pyridine rings is 1. The normalized spacial score (nSPS) is 11.6. The number of amidine groups is 1. The molecule has 0 aliphatic carbocycles. The number of nitrogens with one attached hydrogen (secondary N) is 1. The van der Waals surface area contributed by atoms with Crippen LogP contribution >= 0.6 is 0 Å². The van der Waals surface area contributed by atoms with Gasteiger partial charge in [-0.15, -0.1) is 0 Å². The smallest absolute Gasteiger partial charge is 0.138 e. The number of hydrogen-bond acceptors (Lipinski definition) is 3. The molecule has 5 nitrogen and oxygen atoms in total. The molecule has 0 atom stereocenters. The Morgan fingerprint density at radius 1 is 1.05 bits per heavy atom. The Hall–Kier alpha value is -3.96. The summed E-state index contributed by atoms with van der Waals surface area (Å²) in [6, 6.07) is 21.1. The number of aryl methyl sites for hydroxylation is 2. The van der Waals surface area contributed by atoms with Crippen molar-refractivity contribution in [1.29, 1.82) is 0 Å². The van der Waals surface area contributed by atoms with E-state index in [-0.39, 0.29) is 0 Å². The molecular weight excluding hydrogens is 466 g/mol. The summed E-state index contributed by atoms with van der Waals surface area (Å²) in [7, 11) is 4.15. The number of benzene rings is 2. The van der Waals surface area contributed by atoms with Crippen LogP contribution in [-0.2, 0) is 13.1 Å². The van der Waals surface area contributed by atoms with Gasteiger partial charge in [-0.1, -0.05) is 74.5 Å². The molecule has 0 radical (unpaired) electrons. The summed E-state index contributed by atoms with van der Waals surface area (Å²) in [5.41, 5.74) is 9.71. The maximum Gasteiger partial charge on any atom is 0.138 e. The second-order valence-electron chi connectivity index (χ2n) is 9.51. The lowest BCUT2D eigenvalue weighted by Gasteiger charge is -2.10. The molecule has 38 heavy (non-hydrogen) atoms. The molecule has 5 heteroatoms. The zero-order valence-corrected chi connectivity index (χ0v) is 23.9. The average Bonchev–Trinajstić information content (AvgIpc) is 3.28. The van der Waals surface area contributed by atoms with Crippen LogP contribution < -0.4 is 5.32 Å². The minimum Gasteiger partial charge on any atom is -0.351 e. The SMILES string of the molecule is C=C(/C=C\NC(C)=NCc1ccccc1C)c1c(-c2ccc(C)cc2)nc2cc(CN(C)C)ccn12.CC. The van der Waals surface area contributed by atoms with Crippen molar-refractivity contribution in [3.63, 3.8) is 0 Å². The van der Waals surface area contributed by atoms with E-state index >= 15 is 0 Å². The molecule has 1 N–H and O–H groups in total. The molecule has 0 saturated heterocycles. The summed E-state index contributed by atoms with van der Waals surface area (Å²) in [6.45, 7) is 16.1. The fourth-order valence-corrected chi connectivity index (χ4v) is 4.15. The van der Waals surface area contributed by atoms with Crippen LogP contribution in [-0.4, -0.2) is 34.2 Å². The maximum absolute atomic E-state index is 5.02. The highest BCUT2D eigenvalue weighted by Crippen LogP contribution is 2.30. The van der Waals surface area contributed by atoms with E-state index in [4.69, 9.17) is 4.98 Å². The van der Waals surface area contributed by atoms with Crippen molar-refractivity contribution in [2.45, 2.75) is 47.7 Å². The van der Waals surface area contributed by atoms with Gasteiger partial charge in [0, 0.05) is 24.5 Å². The van der Waals surface area contributed by atoms with Gasteiger partial charge in [-0.2, -0.15) is 0 Å². The zero-order chi connectivity index (χ0) is 27.7. The fraction of sp³-hybridized carbons (Fsp3) is 0.273. The average molecular weight is 508 g/mol. The first-order valence-corrected chi connectivity index (χ1v) is 13.2. The number of nitrogens with zero attached hydrogens (tertiary/aromatic N) is 4. The van der Waals surface area contributed by atoms with Crippen molar-refractivity contribution in [2.75, 3.05) is 14.1 Å². The summed E-state index contributed by atoms with van der Waals surface area (Å²) >= 11 is 0. The quantitative estimate of drug-likeness (QED) is 0.153. The molecule has 0 unspecified atom stereocenters. The Kier molecular flexibility index (Phi) is 10.2. The highest BCUT2D eigenvalue weighted by atomic mass is 15.1. The van der Waals surface area contributed by atoms with Gasteiger partial charge in [0.05, 0.1) is 23.8 Å². The van der Waals surface area contributed by atoms with Crippen molar-refractivity contribution < 1.29 is 0 Å². The number of aliphatic imine (C=N–C) groups is 1. The predicted molar refractivity (Wildman–Crippen MR) is 163 cm³/mol. The standard InChI is InChI=1S/C31H35N5.C2H6/c1-22-11-13-27(14-12-22)30-31(36-18-16-26(21-35(5)6)19-29(36)34-30)24(3)15-17-32-25(4)33-20-28-10-8-7-9-23(28)2;1-2/h7-19H,3,20-21H2,1-2,4-6H3,(H,32,33);1-2H3/b17-15-;. The molecule has 2 heterocycles. The molecule has 0 aliphatic rings. The predicted octanol–water partition coefficient (Wildman–Crippen LogP) is 7.44. The Morgan fingerprint density at radius 2 is 1.76 bits per heavy atom. The molecule has 0 aliphatic heterocycles. The van der Waals surface area contributed by atoms with Gasteiger partial charge in [0.2, 0.25) is 0 Å². The number of aromatic nitrogens is 2. The van der Waals surface area contributed by atoms with E-state index in [1.54, 1.807) is 0 Å². The topological polar surface area (TPSA) is 44.9 Å². The van der Waals surface area contributed by atoms with Gasteiger partial charge in [-0.05, 0) is 75.3 Å². The summed E-state index contributed by atoms with van der Waals surface area (Å²) in [5.74, 6) is 0.854. The third kappa shape index (κ3) is 7.30. The monoisotopic (exact) mass is 507 g/mol. The number of imidazole rings is 1. The minimum atomic E-state index is 0.653. The maximum atomic E-state index is 5.02. The summed E-state index contributed by atoms with van der Waals surface area (Å²) in [5, 5.41) is 3.28. The van der Waals surface area contributed by atoms with Crippen LogP contribution in [0, 0.1) is 13.8 Å². The zero-order valence-electron chi connectivity index (χ0n) is 23.9. The molecule has 2 aromatic carbocycles. The number of rotatable bonds is 8. The van der Waals surface area contributed by atoms with Crippen LogP contribution in [0.15, 0.2) is 90.7 Å². The fourth-order valence-electron chi connectivity index (χ4n) is 4.15. The van der Waals surface area contributed by atoms with E-state index in [1.165, 1.54) is 22.3 Å². The molecule has 4 aromatic rings. The van der Waals surface area contributed by atoms with Gasteiger partial charge in [0.1, 0.15) is 5.65 Å². The second-order valence-corrected chi connectivity index (χ2v) is 9.51. The minimum absolute atomic E-state index is 0.653. The molecule has 0 fully saturated rings. The molecule has 0 bridgehead atoms. The molecule has 0 amide bonds. The van der Waals surface area contributed by atoms with Gasteiger partial charge in [-0.3, -0.25) is 9.39 Å². The summed E-state index contributed by atoms with van der Waals surface area (Å²) in [4.78, 5) is 11.9. The second kappa shape index (κ2) is 13.5. The van der Waals surface area contributed by atoms with Gasteiger partial charge >= 0.3 is 0 Å². The van der Waals surface area contributed by atoms with Crippen molar-refractivity contribution in [3.8, 4) is 11.3 Å². The largest absolute Gasteiger partial charge is 0.351 e. The third-order valence-corrected chi connectivity index (χ3v) is 6.14. The third-order valence-electron chi connectivity index (χ3n) is 6.14. The van der Waals surface area contributed by atoms with Gasteiger partial charge in [0.15, 0.2) is 0 Å². The first-order chi connectivity index (χ1) is 18.3. The lowest BCUT2D eigenvalue weighted by atomic mass is 10.0. The van der Waals surface area contributed by atoms with Crippen LogP contribution in [0.5, 0.6) is 0 Å². The first kappa shape index (κ1) is 28.6. The molecule has 198 valence electrons. The lowest BCUT2D eigenvalue weighted by molar-refractivity contribution is 0.402. The Labute approximate surface area is 228 Å². The highest BCUT2D eigenvalue weighted by molar-refractivity contribution is 5.85. The van der Waals surface area contributed by atoms with Crippen LogP contribution in [0.2, 0.25) is 0 Å². The van der Waals surface area contributed by atoms with Crippen LogP contribution in [0.4, 0.5) is 0 Å². The van der Waals surface area contributed by atoms with Gasteiger partial charge in [-0.25, -0.2) is 4.98 Å². The van der Waals surface area contributed by atoms with E-state index in [9.17, 15) is 0 Å². The lowest BCUT2D eigenvalue weighted by Crippen LogP contribution is -2.13. The highest BCUT2D eigenvalue weighted by Gasteiger charge is 2.16.